The van der Waals surface area contributed by atoms with E-state index in [1.165, 1.54) is 6.26 Å². The Hall–Kier alpha value is -4.46. The Labute approximate surface area is 226 Å². The molecule has 3 aliphatic rings. The average molecular weight is 538 g/mol. The molecule has 196 valence electrons. The second-order valence-corrected chi connectivity index (χ2v) is 12.5. The first-order valence-corrected chi connectivity index (χ1v) is 14.5. The van der Waals surface area contributed by atoms with Crippen LogP contribution in [0, 0.1) is 11.3 Å². The maximum Gasteiger partial charge on any atom is 0.255 e. The molecular weight excluding hydrogens is 510 g/mol. The van der Waals surface area contributed by atoms with Crippen molar-refractivity contribution in [3.8, 4) is 6.07 Å². The molecule has 0 radical (unpaired) electrons. The summed E-state index contributed by atoms with van der Waals surface area (Å²) >= 11 is 0. The molecule has 7 rings (SSSR count). The van der Waals surface area contributed by atoms with Gasteiger partial charge in [0, 0.05) is 51.7 Å². The Bertz CT molecular complexity index is 1740. The fraction of sp³-hybridized carbons (Fsp3) is 0.207. The average Bonchev–Trinajstić information content (AvgIpc) is 2.87. The fourth-order valence-corrected chi connectivity index (χ4v) is 6.64. The van der Waals surface area contributed by atoms with Gasteiger partial charge in [0.05, 0.1) is 22.7 Å². The molecule has 0 saturated heterocycles. The Balaban J connectivity index is 1.06. The van der Waals surface area contributed by atoms with E-state index in [1.54, 1.807) is 30.5 Å². The molecule has 39 heavy (non-hydrogen) atoms. The third-order valence-corrected chi connectivity index (χ3v) is 7.98. The second kappa shape index (κ2) is 9.08. The molecule has 1 aromatic heterocycles. The van der Waals surface area contributed by atoms with Gasteiger partial charge in [0.25, 0.3) is 5.91 Å². The van der Waals surface area contributed by atoms with E-state index in [2.05, 4.69) is 31.4 Å². The highest BCUT2D eigenvalue weighted by Gasteiger charge is 2.69. The molecule has 1 amide bonds. The Morgan fingerprint density at radius 3 is 2.33 bits per heavy atom. The normalized spacial score (nSPS) is 22.4. The minimum atomic E-state index is -2.58. The van der Waals surface area contributed by atoms with Crippen LogP contribution >= 0.6 is 0 Å². The van der Waals surface area contributed by atoms with E-state index in [4.69, 9.17) is 5.14 Å². The smallest absolute Gasteiger partial charge is 0.255 e. The summed E-state index contributed by atoms with van der Waals surface area (Å²) in [6.45, 7) is 0. The van der Waals surface area contributed by atoms with E-state index < -0.39 is 9.92 Å². The van der Waals surface area contributed by atoms with Gasteiger partial charge < -0.3 is 16.0 Å². The molecule has 1 atom stereocenters. The van der Waals surface area contributed by atoms with Crippen molar-refractivity contribution < 1.29 is 9.00 Å². The lowest BCUT2D eigenvalue weighted by atomic mass is 9.44. The molecular formula is C29H27N7O2S. The zero-order valence-corrected chi connectivity index (χ0v) is 22.1. The summed E-state index contributed by atoms with van der Waals surface area (Å²) in [5.74, 6) is -0.205. The van der Waals surface area contributed by atoms with Crippen molar-refractivity contribution in [2.24, 2.45) is 9.50 Å². The Morgan fingerprint density at radius 2 is 1.67 bits per heavy atom. The highest BCUT2D eigenvalue weighted by molar-refractivity contribution is 7.90. The summed E-state index contributed by atoms with van der Waals surface area (Å²) in [4.78, 5) is 17.2. The number of rotatable bonds is 7. The van der Waals surface area contributed by atoms with Gasteiger partial charge in [-0.05, 0) is 92.1 Å². The van der Waals surface area contributed by atoms with Gasteiger partial charge in [-0.1, -0.05) is 0 Å². The van der Waals surface area contributed by atoms with Crippen molar-refractivity contribution in [2.75, 3.05) is 22.2 Å². The van der Waals surface area contributed by atoms with Crippen LogP contribution in [-0.2, 0) is 9.92 Å². The second-order valence-electron chi connectivity index (χ2n) is 10.5. The molecule has 0 aliphatic heterocycles. The number of carbonyl (C=O) groups excluding carboxylic acids is 1. The predicted octanol–water partition coefficient (Wildman–Crippen LogP) is 5.16. The van der Waals surface area contributed by atoms with E-state index in [1.807, 2.05) is 48.5 Å². The molecule has 5 N–H and O–H groups in total. The van der Waals surface area contributed by atoms with E-state index in [0.717, 1.165) is 47.2 Å². The van der Waals surface area contributed by atoms with Crippen molar-refractivity contribution in [3.63, 3.8) is 0 Å². The van der Waals surface area contributed by atoms with Crippen molar-refractivity contribution >= 4 is 49.5 Å². The number of aromatic nitrogens is 1. The number of nitrogens with two attached hydrogens (primary N) is 1. The van der Waals surface area contributed by atoms with Crippen LogP contribution in [0.5, 0.6) is 0 Å². The summed E-state index contributed by atoms with van der Waals surface area (Å²) in [5, 5.41) is 25.5. The van der Waals surface area contributed by atoms with Crippen LogP contribution in [0.1, 0.15) is 35.2 Å². The third kappa shape index (κ3) is 5.02. The standard InChI is InChI=1S/C29H27N7O2S/c1-39(31,38)36-29-16-28(17-29,18-29)35-23-9-7-22(8-10-23)34-27(37)20-3-5-21(6-4-20)33-26-12-13-32-25-11-2-19(15-30)14-24(25)26/h2-14,35H,16-18H2,1H3,(H,32,33)(H,34,37)(H2,31,36,38). The van der Waals surface area contributed by atoms with Crippen molar-refractivity contribution in [3.05, 3.63) is 90.1 Å². The summed E-state index contributed by atoms with van der Waals surface area (Å²) in [6.07, 6.45) is 5.70. The largest absolute Gasteiger partial charge is 0.379 e. The van der Waals surface area contributed by atoms with Gasteiger partial charge in [-0.3, -0.25) is 9.78 Å². The van der Waals surface area contributed by atoms with E-state index in [0.29, 0.717) is 16.8 Å². The summed E-state index contributed by atoms with van der Waals surface area (Å²) < 4.78 is 16.1. The number of carbonyl (C=O) groups is 1. The number of nitrogens with zero attached hydrogens (tertiary/aromatic N) is 3. The lowest BCUT2D eigenvalue weighted by Crippen LogP contribution is -2.74. The first-order valence-electron chi connectivity index (χ1n) is 12.5. The number of anilines is 4. The number of benzene rings is 3. The molecule has 1 unspecified atom stereocenters. The molecule has 3 fully saturated rings. The maximum absolute atomic E-state index is 12.8. The molecule has 10 heteroatoms. The van der Waals surface area contributed by atoms with Crippen LogP contribution in [0.25, 0.3) is 10.9 Å². The monoisotopic (exact) mass is 537 g/mol. The zero-order chi connectivity index (χ0) is 27.3. The Morgan fingerprint density at radius 1 is 1.00 bits per heavy atom. The fourth-order valence-electron chi connectivity index (χ4n) is 5.68. The highest BCUT2D eigenvalue weighted by atomic mass is 32.2. The van der Waals surface area contributed by atoms with Crippen LogP contribution in [0.4, 0.5) is 22.7 Å². The van der Waals surface area contributed by atoms with Gasteiger partial charge in [0.15, 0.2) is 0 Å². The van der Waals surface area contributed by atoms with Crippen LogP contribution < -0.4 is 21.1 Å². The maximum atomic E-state index is 12.8. The SMILES string of the molecule is CS(N)(=O)=NC12CC(Nc3ccc(NC(=O)c4ccc(Nc5ccnc6ccc(C#N)cc56)cc4)cc3)(C1)C2. The van der Waals surface area contributed by atoms with Crippen LogP contribution in [0.2, 0.25) is 0 Å². The molecule has 3 aromatic carbocycles. The molecule has 1 heterocycles. The van der Waals surface area contributed by atoms with Gasteiger partial charge >= 0.3 is 0 Å². The van der Waals surface area contributed by atoms with E-state index >= 15 is 0 Å². The number of nitriles is 1. The number of fused-ring (bicyclic) bond motifs is 1. The molecule has 4 aromatic rings. The number of hydrogen-bond acceptors (Lipinski definition) is 7. The minimum Gasteiger partial charge on any atom is -0.379 e. The molecule has 9 nitrogen and oxygen atoms in total. The minimum absolute atomic E-state index is 0.00467. The number of hydrogen-bond donors (Lipinski definition) is 4. The molecule has 2 bridgehead atoms. The summed E-state index contributed by atoms with van der Waals surface area (Å²) in [5.41, 5.74) is 4.96. The van der Waals surface area contributed by atoms with Gasteiger partial charge in [0.2, 0.25) is 0 Å². The van der Waals surface area contributed by atoms with Crippen LogP contribution in [0.3, 0.4) is 0 Å². The molecule has 3 aliphatic carbocycles. The van der Waals surface area contributed by atoms with Crippen LogP contribution in [0.15, 0.2) is 83.4 Å². The van der Waals surface area contributed by atoms with Crippen molar-refractivity contribution in [2.45, 2.75) is 30.3 Å². The van der Waals surface area contributed by atoms with E-state index in [9.17, 15) is 14.3 Å². The van der Waals surface area contributed by atoms with Gasteiger partial charge in [-0.15, -0.1) is 0 Å². The number of amides is 1. The first kappa shape index (κ1) is 24.9. The predicted molar refractivity (Wildman–Crippen MR) is 154 cm³/mol. The molecule has 3 saturated carbocycles. The van der Waals surface area contributed by atoms with Gasteiger partial charge in [0.1, 0.15) is 9.92 Å². The van der Waals surface area contributed by atoms with Crippen LogP contribution in [-0.4, -0.2) is 32.4 Å². The number of nitrogens with one attached hydrogen (secondary N) is 3. The molecule has 0 spiro atoms. The quantitative estimate of drug-likeness (QED) is 0.256. The van der Waals surface area contributed by atoms with Crippen molar-refractivity contribution in [1.82, 2.24) is 4.98 Å². The topological polar surface area (TPSA) is 145 Å². The third-order valence-electron chi connectivity index (χ3n) is 7.23. The zero-order valence-electron chi connectivity index (χ0n) is 21.3. The first-order chi connectivity index (χ1) is 18.6. The lowest BCUT2D eigenvalue weighted by molar-refractivity contribution is -0.0280. The van der Waals surface area contributed by atoms with Gasteiger partial charge in [-0.2, -0.15) is 5.26 Å². The van der Waals surface area contributed by atoms with Crippen molar-refractivity contribution in [1.29, 1.82) is 5.26 Å². The van der Waals surface area contributed by atoms with Gasteiger partial charge in [-0.25, -0.2) is 13.7 Å². The highest BCUT2D eigenvalue weighted by Crippen LogP contribution is 2.64. The summed E-state index contributed by atoms with van der Waals surface area (Å²) in [6, 6.07) is 24.2. The van der Waals surface area contributed by atoms with E-state index in [-0.39, 0.29) is 17.0 Å². The number of pyridine rings is 1. The lowest BCUT2D eigenvalue weighted by Gasteiger charge is -2.68. The summed E-state index contributed by atoms with van der Waals surface area (Å²) in [7, 11) is -2.58. The Kier molecular flexibility index (Phi) is 5.79.